The topological polar surface area (TPSA) is 26.3 Å². The number of carbonyl (C=O) groups is 1. The highest BCUT2D eigenvalue weighted by atomic mass is 16.5. The summed E-state index contributed by atoms with van der Waals surface area (Å²) in [7, 11) is 0. The number of carbonyl (C=O) groups excluding carboxylic acids is 1. The second-order valence-corrected chi connectivity index (χ2v) is 3.05. The van der Waals surface area contributed by atoms with Gasteiger partial charge in [-0.2, -0.15) is 0 Å². The van der Waals surface area contributed by atoms with E-state index in [1.165, 1.54) is 6.08 Å². The smallest absolute Gasteiger partial charge is 0.142 e. The molecule has 0 saturated heterocycles. The first-order chi connectivity index (χ1) is 6.20. The Morgan fingerprint density at radius 2 is 2.08 bits per heavy atom. The molecule has 1 unspecified atom stereocenters. The molecule has 2 heteroatoms. The van der Waals surface area contributed by atoms with Crippen molar-refractivity contribution in [3.8, 4) is 0 Å². The summed E-state index contributed by atoms with van der Waals surface area (Å²) in [6.07, 6.45) is 9.10. The highest BCUT2D eigenvalue weighted by Crippen LogP contribution is 2.05. The Labute approximate surface area is 80.3 Å². The van der Waals surface area contributed by atoms with E-state index in [1.54, 1.807) is 0 Å². The number of rotatable bonds is 6. The molecule has 0 aromatic rings. The number of hydrogen-bond donors (Lipinski definition) is 0. The molecule has 74 valence electrons. The van der Waals surface area contributed by atoms with Crippen molar-refractivity contribution >= 4 is 6.29 Å². The van der Waals surface area contributed by atoms with E-state index in [0.717, 1.165) is 12.7 Å². The van der Waals surface area contributed by atoms with E-state index in [-0.39, 0.29) is 12.2 Å². The molecule has 0 aromatic heterocycles. The van der Waals surface area contributed by atoms with Crippen LogP contribution in [0.5, 0.6) is 0 Å². The fourth-order valence-corrected chi connectivity index (χ4v) is 1.01. The van der Waals surface area contributed by atoms with E-state index in [9.17, 15) is 4.79 Å². The third-order valence-corrected chi connectivity index (χ3v) is 1.44. The van der Waals surface area contributed by atoms with Crippen molar-refractivity contribution in [2.45, 2.75) is 39.4 Å². The van der Waals surface area contributed by atoms with Crippen molar-refractivity contribution in [2.75, 3.05) is 0 Å². The molecule has 0 aliphatic heterocycles. The highest BCUT2D eigenvalue weighted by molar-refractivity contribution is 5.64. The Balaban J connectivity index is 3.93. The second kappa shape index (κ2) is 7.74. The number of hydrogen-bond acceptors (Lipinski definition) is 2. The summed E-state index contributed by atoms with van der Waals surface area (Å²) >= 11 is 0. The molecule has 0 aliphatic rings. The van der Waals surface area contributed by atoms with Gasteiger partial charge in [-0.3, -0.25) is 4.79 Å². The molecule has 13 heavy (non-hydrogen) atoms. The third-order valence-electron chi connectivity index (χ3n) is 1.44. The molecule has 0 heterocycles. The monoisotopic (exact) mass is 182 g/mol. The zero-order valence-corrected chi connectivity index (χ0v) is 8.57. The lowest BCUT2D eigenvalue weighted by molar-refractivity contribution is -0.104. The van der Waals surface area contributed by atoms with Gasteiger partial charge in [-0.15, -0.1) is 0 Å². The van der Waals surface area contributed by atoms with Crippen molar-refractivity contribution in [3.05, 3.63) is 24.3 Å². The highest BCUT2D eigenvalue weighted by Gasteiger charge is 2.04. The first-order valence-electron chi connectivity index (χ1n) is 4.59. The van der Waals surface area contributed by atoms with Crippen LogP contribution in [0, 0.1) is 0 Å². The number of aldehydes is 1. The maximum absolute atomic E-state index is 10.0. The molecule has 0 spiro atoms. The predicted octanol–water partition coefficient (Wildman–Crippen LogP) is 2.50. The lowest BCUT2D eigenvalue weighted by Gasteiger charge is -2.15. The first kappa shape index (κ1) is 12.1. The summed E-state index contributed by atoms with van der Waals surface area (Å²) in [6, 6.07) is 0. The lowest BCUT2D eigenvalue weighted by Crippen LogP contribution is -2.14. The van der Waals surface area contributed by atoms with Crippen molar-refractivity contribution in [3.63, 3.8) is 0 Å². The molecule has 2 nitrogen and oxygen atoms in total. The Morgan fingerprint density at radius 3 is 2.54 bits per heavy atom. The molecule has 0 rings (SSSR count). The molecule has 0 aliphatic carbocycles. The Kier molecular flexibility index (Phi) is 7.21. The van der Waals surface area contributed by atoms with Crippen LogP contribution in [0.2, 0.25) is 0 Å². The van der Waals surface area contributed by atoms with Gasteiger partial charge in [0.15, 0.2) is 0 Å². The minimum atomic E-state index is 0.0844. The average molecular weight is 182 g/mol. The van der Waals surface area contributed by atoms with Crippen LogP contribution in [0.4, 0.5) is 0 Å². The SMILES string of the molecule is C/C=C/C(C/C=C/C=O)OC(C)C. The fourth-order valence-electron chi connectivity index (χ4n) is 1.01. The van der Waals surface area contributed by atoms with Gasteiger partial charge < -0.3 is 4.74 Å². The van der Waals surface area contributed by atoms with Gasteiger partial charge in [0.1, 0.15) is 6.29 Å². The summed E-state index contributed by atoms with van der Waals surface area (Å²) in [6.45, 7) is 5.96. The minimum Gasteiger partial charge on any atom is -0.371 e. The lowest BCUT2D eigenvalue weighted by atomic mass is 10.2. The normalized spacial score (nSPS) is 14.5. The van der Waals surface area contributed by atoms with Crippen LogP contribution >= 0.6 is 0 Å². The van der Waals surface area contributed by atoms with Crippen LogP contribution in [0.1, 0.15) is 27.2 Å². The van der Waals surface area contributed by atoms with Gasteiger partial charge in [-0.1, -0.05) is 18.2 Å². The maximum Gasteiger partial charge on any atom is 0.142 e. The van der Waals surface area contributed by atoms with Gasteiger partial charge >= 0.3 is 0 Å². The molecule has 0 bridgehead atoms. The zero-order valence-electron chi connectivity index (χ0n) is 8.57. The molecular weight excluding hydrogens is 164 g/mol. The minimum absolute atomic E-state index is 0.0844. The molecule has 0 saturated carbocycles. The average Bonchev–Trinajstić information content (AvgIpc) is 2.04. The molecule has 0 radical (unpaired) electrons. The molecule has 0 aromatic carbocycles. The quantitative estimate of drug-likeness (QED) is 0.358. The third kappa shape index (κ3) is 7.47. The van der Waals surface area contributed by atoms with Crippen LogP contribution in [-0.4, -0.2) is 18.5 Å². The summed E-state index contributed by atoms with van der Waals surface area (Å²) in [5.41, 5.74) is 0. The zero-order chi connectivity index (χ0) is 10.1. The molecule has 0 N–H and O–H groups in total. The van der Waals surface area contributed by atoms with Crippen LogP contribution in [0.25, 0.3) is 0 Å². The Morgan fingerprint density at radius 1 is 1.38 bits per heavy atom. The van der Waals surface area contributed by atoms with Gasteiger partial charge in [0, 0.05) is 0 Å². The van der Waals surface area contributed by atoms with Gasteiger partial charge in [-0.05, 0) is 33.3 Å². The number of allylic oxidation sites excluding steroid dienone is 2. The van der Waals surface area contributed by atoms with E-state index in [2.05, 4.69) is 0 Å². The standard InChI is InChI=1S/C11H18O2/c1-4-7-11(13-10(2)3)8-5-6-9-12/h4-7,9-11H,8H2,1-3H3/b6-5+,7-4+. The van der Waals surface area contributed by atoms with E-state index < -0.39 is 0 Å². The summed E-state index contributed by atoms with van der Waals surface area (Å²) < 4.78 is 5.58. The predicted molar refractivity (Wildman–Crippen MR) is 54.6 cm³/mol. The number of ether oxygens (including phenoxy) is 1. The van der Waals surface area contributed by atoms with E-state index >= 15 is 0 Å². The summed E-state index contributed by atoms with van der Waals surface area (Å²) in [5, 5.41) is 0. The van der Waals surface area contributed by atoms with Crippen molar-refractivity contribution < 1.29 is 9.53 Å². The largest absolute Gasteiger partial charge is 0.371 e. The van der Waals surface area contributed by atoms with Crippen LogP contribution in [-0.2, 0) is 9.53 Å². The van der Waals surface area contributed by atoms with Crippen molar-refractivity contribution in [1.82, 2.24) is 0 Å². The van der Waals surface area contributed by atoms with E-state index in [4.69, 9.17) is 4.74 Å². The fraction of sp³-hybridized carbons (Fsp3) is 0.545. The van der Waals surface area contributed by atoms with Gasteiger partial charge in [0.25, 0.3) is 0 Å². The van der Waals surface area contributed by atoms with E-state index in [1.807, 2.05) is 39.0 Å². The summed E-state index contributed by atoms with van der Waals surface area (Å²) in [5.74, 6) is 0. The van der Waals surface area contributed by atoms with E-state index in [0.29, 0.717) is 0 Å². The van der Waals surface area contributed by atoms with Gasteiger partial charge in [0.2, 0.25) is 0 Å². The molecule has 0 amide bonds. The molecule has 1 atom stereocenters. The maximum atomic E-state index is 10.0. The first-order valence-corrected chi connectivity index (χ1v) is 4.59. The van der Waals surface area contributed by atoms with Crippen LogP contribution in [0.15, 0.2) is 24.3 Å². The Hall–Kier alpha value is -0.890. The Bertz CT molecular complexity index is 181. The van der Waals surface area contributed by atoms with Crippen molar-refractivity contribution in [1.29, 1.82) is 0 Å². The van der Waals surface area contributed by atoms with Crippen LogP contribution < -0.4 is 0 Å². The van der Waals surface area contributed by atoms with Crippen LogP contribution in [0.3, 0.4) is 0 Å². The van der Waals surface area contributed by atoms with Gasteiger partial charge in [-0.25, -0.2) is 0 Å². The van der Waals surface area contributed by atoms with Gasteiger partial charge in [0.05, 0.1) is 12.2 Å². The second-order valence-electron chi connectivity index (χ2n) is 3.05. The van der Waals surface area contributed by atoms with Crippen molar-refractivity contribution in [2.24, 2.45) is 0 Å². The molecular formula is C11H18O2. The molecule has 0 fully saturated rings. The summed E-state index contributed by atoms with van der Waals surface area (Å²) in [4.78, 5) is 10.0.